The van der Waals surface area contributed by atoms with E-state index in [-0.39, 0.29) is 0 Å². The molecule has 190 valence electrons. The third-order valence-electron chi connectivity index (χ3n) is 8.23. The highest BCUT2D eigenvalue weighted by Crippen LogP contribution is 2.41. The van der Waals surface area contributed by atoms with Gasteiger partial charge in [-0.25, -0.2) is 0 Å². The Balaban J connectivity index is 1.31. The molecule has 0 bridgehead atoms. The van der Waals surface area contributed by atoms with Gasteiger partial charge in [-0.15, -0.1) is 0 Å². The molecule has 0 aliphatic heterocycles. The Labute approximate surface area is 233 Å². The summed E-state index contributed by atoms with van der Waals surface area (Å²) in [4.78, 5) is 0. The molecule has 9 rings (SSSR count). The number of rotatable bonds is 2. The van der Waals surface area contributed by atoms with E-state index in [0.717, 1.165) is 82.5 Å². The Morgan fingerprint density at radius 1 is 0.537 bits per heavy atom. The molecule has 0 amide bonds. The number of para-hydroxylation sites is 3. The van der Waals surface area contributed by atoms with Crippen molar-refractivity contribution in [2.45, 2.75) is 0 Å². The largest absolute Gasteiger partial charge is 0.456 e. The lowest BCUT2D eigenvalue weighted by Crippen LogP contribution is -1.94. The van der Waals surface area contributed by atoms with Gasteiger partial charge in [-0.3, -0.25) is 0 Å². The number of hydrogen-bond acceptors (Lipinski definition) is 3. The van der Waals surface area contributed by atoms with Crippen LogP contribution in [0.3, 0.4) is 0 Å². The van der Waals surface area contributed by atoms with Crippen molar-refractivity contribution >= 4 is 65.7 Å². The SMILES string of the molecule is N#Cc1ccc2c(c1)c1ccccc1n2-c1cccc2c1oc1ccc(-c3cccc4oc5ccccc5c34)cc12. The number of hydrogen-bond donors (Lipinski definition) is 0. The molecular formula is C37H20N2O2. The van der Waals surface area contributed by atoms with Gasteiger partial charge >= 0.3 is 0 Å². The fourth-order valence-electron chi connectivity index (χ4n) is 6.44. The molecule has 0 N–H and O–H groups in total. The first-order valence-electron chi connectivity index (χ1n) is 13.6. The van der Waals surface area contributed by atoms with E-state index < -0.39 is 0 Å². The predicted molar refractivity (Wildman–Crippen MR) is 165 cm³/mol. The van der Waals surface area contributed by atoms with Crippen LogP contribution in [0, 0.1) is 11.3 Å². The van der Waals surface area contributed by atoms with Crippen LogP contribution in [-0.2, 0) is 0 Å². The molecule has 4 nitrogen and oxygen atoms in total. The zero-order valence-electron chi connectivity index (χ0n) is 21.8. The van der Waals surface area contributed by atoms with Crippen molar-refractivity contribution in [3.63, 3.8) is 0 Å². The maximum absolute atomic E-state index is 9.54. The summed E-state index contributed by atoms with van der Waals surface area (Å²) in [5.74, 6) is 0. The second-order valence-corrected chi connectivity index (χ2v) is 10.4. The second-order valence-electron chi connectivity index (χ2n) is 10.4. The monoisotopic (exact) mass is 524 g/mol. The average Bonchev–Trinajstić information content (AvgIpc) is 3.70. The minimum absolute atomic E-state index is 0.648. The van der Waals surface area contributed by atoms with Crippen LogP contribution in [0.15, 0.2) is 130 Å². The normalized spacial score (nSPS) is 11.9. The van der Waals surface area contributed by atoms with Gasteiger partial charge in [-0.1, -0.05) is 66.7 Å². The van der Waals surface area contributed by atoms with E-state index in [9.17, 15) is 5.26 Å². The molecule has 41 heavy (non-hydrogen) atoms. The number of nitrogens with zero attached hydrogens (tertiary/aromatic N) is 2. The Morgan fingerprint density at radius 2 is 1.29 bits per heavy atom. The van der Waals surface area contributed by atoms with Crippen LogP contribution < -0.4 is 0 Å². The number of nitriles is 1. The summed E-state index contributed by atoms with van der Waals surface area (Å²) >= 11 is 0. The average molecular weight is 525 g/mol. The summed E-state index contributed by atoms with van der Waals surface area (Å²) in [5, 5.41) is 16.1. The Bertz CT molecular complexity index is 2550. The third-order valence-corrected chi connectivity index (χ3v) is 8.23. The topological polar surface area (TPSA) is 55.0 Å². The van der Waals surface area contributed by atoms with E-state index in [4.69, 9.17) is 8.83 Å². The van der Waals surface area contributed by atoms with E-state index in [0.29, 0.717) is 5.56 Å². The van der Waals surface area contributed by atoms with Crippen LogP contribution in [0.25, 0.3) is 82.5 Å². The number of fused-ring (bicyclic) bond motifs is 9. The quantitative estimate of drug-likeness (QED) is 0.226. The maximum atomic E-state index is 9.54. The molecule has 0 spiro atoms. The van der Waals surface area contributed by atoms with Gasteiger partial charge in [0.2, 0.25) is 0 Å². The molecule has 3 heterocycles. The first kappa shape index (κ1) is 22.1. The smallest absolute Gasteiger partial charge is 0.159 e. The van der Waals surface area contributed by atoms with Gasteiger partial charge in [0.25, 0.3) is 0 Å². The minimum atomic E-state index is 0.648. The lowest BCUT2D eigenvalue weighted by atomic mass is 9.98. The molecule has 0 aliphatic carbocycles. The highest BCUT2D eigenvalue weighted by molar-refractivity contribution is 6.15. The van der Waals surface area contributed by atoms with Crippen LogP contribution in [0.5, 0.6) is 0 Å². The molecule has 0 aliphatic rings. The Kier molecular flexibility index (Phi) is 4.37. The van der Waals surface area contributed by atoms with Gasteiger partial charge in [0.15, 0.2) is 5.58 Å². The number of aromatic nitrogens is 1. The van der Waals surface area contributed by atoms with Gasteiger partial charge in [0.1, 0.15) is 16.7 Å². The van der Waals surface area contributed by atoms with Crippen LogP contribution in [0.1, 0.15) is 5.56 Å². The number of furan rings is 2. The van der Waals surface area contributed by atoms with Gasteiger partial charge in [-0.2, -0.15) is 5.26 Å². The zero-order valence-corrected chi connectivity index (χ0v) is 21.8. The van der Waals surface area contributed by atoms with Crippen molar-refractivity contribution in [1.82, 2.24) is 4.57 Å². The Morgan fingerprint density at radius 3 is 2.22 bits per heavy atom. The number of benzene rings is 6. The summed E-state index contributed by atoms with van der Waals surface area (Å²) in [7, 11) is 0. The molecule has 0 saturated carbocycles. The van der Waals surface area contributed by atoms with Gasteiger partial charge in [-0.05, 0) is 65.7 Å². The minimum Gasteiger partial charge on any atom is -0.456 e. The summed E-state index contributed by atoms with van der Waals surface area (Å²) in [6.07, 6.45) is 0. The lowest BCUT2D eigenvalue weighted by Gasteiger charge is -2.08. The van der Waals surface area contributed by atoms with Gasteiger partial charge in [0, 0.05) is 32.3 Å². The molecule has 0 saturated heterocycles. The fourth-order valence-corrected chi connectivity index (χ4v) is 6.44. The molecule has 0 radical (unpaired) electrons. The molecule has 3 aromatic heterocycles. The van der Waals surface area contributed by atoms with Crippen molar-refractivity contribution in [2.24, 2.45) is 0 Å². The van der Waals surface area contributed by atoms with Crippen molar-refractivity contribution in [2.75, 3.05) is 0 Å². The molecule has 4 heteroatoms. The first-order chi connectivity index (χ1) is 20.3. The van der Waals surface area contributed by atoms with Crippen LogP contribution >= 0.6 is 0 Å². The summed E-state index contributed by atoms with van der Waals surface area (Å²) in [5.41, 5.74) is 9.43. The van der Waals surface area contributed by atoms with Crippen LogP contribution in [-0.4, -0.2) is 4.57 Å². The highest BCUT2D eigenvalue weighted by Gasteiger charge is 2.19. The Hall–Kier alpha value is -5.79. The molecule has 0 atom stereocenters. The van der Waals surface area contributed by atoms with Crippen molar-refractivity contribution < 1.29 is 8.83 Å². The lowest BCUT2D eigenvalue weighted by molar-refractivity contribution is 0.666. The van der Waals surface area contributed by atoms with Gasteiger partial charge < -0.3 is 13.4 Å². The van der Waals surface area contributed by atoms with E-state index in [1.54, 1.807) is 0 Å². The van der Waals surface area contributed by atoms with E-state index in [1.807, 2.05) is 48.5 Å². The van der Waals surface area contributed by atoms with E-state index in [2.05, 4.69) is 83.4 Å². The van der Waals surface area contributed by atoms with Crippen molar-refractivity contribution in [3.8, 4) is 22.9 Å². The molecule has 9 aromatic rings. The summed E-state index contributed by atoms with van der Waals surface area (Å²) in [6.45, 7) is 0. The zero-order chi connectivity index (χ0) is 27.1. The standard InChI is InChI=1S/C37H20N2O2/c38-21-22-15-17-31-28(19-22)25-7-1-3-11-30(25)39(31)32-12-5-10-26-29-20-23(16-18-34(29)41-37(26)32)24-9-6-14-35-36(24)27-8-2-4-13-33(27)40-35/h1-20H. The maximum Gasteiger partial charge on any atom is 0.159 e. The summed E-state index contributed by atoms with van der Waals surface area (Å²) in [6, 6.07) is 43.7. The van der Waals surface area contributed by atoms with Crippen molar-refractivity contribution in [1.29, 1.82) is 5.26 Å². The second kappa shape index (κ2) is 8.11. The van der Waals surface area contributed by atoms with Crippen molar-refractivity contribution in [3.05, 3.63) is 127 Å². The molecular weight excluding hydrogens is 504 g/mol. The van der Waals surface area contributed by atoms with E-state index in [1.165, 1.54) is 0 Å². The fraction of sp³-hybridized carbons (Fsp3) is 0. The molecule has 6 aromatic carbocycles. The van der Waals surface area contributed by atoms with E-state index >= 15 is 0 Å². The molecule has 0 fully saturated rings. The predicted octanol–water partition coefficient (Wildman–Crippen LogP) is 10.1. The highest BCUT2D eigenvalue weighted by atomic mass is 16.3. The summed E-state index contributed by atoms with van der Waals surface area (Å²) < 4.78 is 15.0. The van der Waals surface area contributed by atoms with Gasteiger partial charge in [0.05, 0.1) is 28.4 Å². The molecule has 0 unspecified atom stereocenters. The van der Waals surface area contributed by atoms with Crippen LogP contribution in [0.2, 0.25) is 0 Å². The third kappa shape index (κ3) is 3.03. The van der Waals surface area contributed by atoms with Crippen LogP contribution in [0.4, 0.5) is 0 Å². The first-order valence-corrected chi connectivity index (χ1v) is 13.6.